The Morgan fingerprint density at radius 2 is 1.58 bits per heavy atom. The number of nitrogens with one attached hydrogen (secondary N) is 3. The first-order valence-corrected chi connectivity index (χ1v) is 11.1. The highest BCUT2D eigenvalue weighted by Gasteiger charge is 2.11. The molecule has 31 heavy (non-hydrogen) atoms. The van der Waals surface area contributed by atoms with E-state index in [-0.39, 0.29) is 11.7 Å². The molecule has 0 atom stereocenters. The van der Waals surface area contributed by atoms with Gasteiger partial charge in [-0.25, -0.2) is 4.79 Å². The molecular formula is C20H21N5O4S2. The van der Waals surface area contributed by atoms with Crippen molar-refractivity contribution < 1.29 is 19.1 Å². The Morgan fingerprint density at radius 1 is 0.935 bits per heavy atom. The molecule has 0 spiro atoms. The van der Waals surface area contributed by atoms with Crippen LogP contribution in [0.3, 0.4) is 0 Å². The summed E-state index contributed by atoms with van der Waals surface area (Å²) in [6.45, 7) is 2.50. The van der Waals surface area contributed by atoms with Crippen molar-refractivity contribution >= 4 is 51.5 Å². The van der Waals surface area contributed by atoms with Crippen molar-refractivity contribution in [1.82, 2.24) is 10.2 Å². The van der Waals surface area contributed by atoms with E-state index in [1.807, 2.05) is 6.92 Å². The lowest BCUT2D eigenvalue weighted by Gasteiger charge is -2.06. The van der Waals surface area contributed by atoms with Gasteiger partial charge in [-0.15, -0.1) is 10.2 Å². The lowest BCUT2D eigenvalue weighted by atomic mass is 10.3. The van der Waals surface area contributed by atoms with Gasteiger partial charge in [0.25, 0.3) is 0 Å². The molecule has 3 rings (SSSR count). The maximum Gasteiger partial charge on any atom is 0.325 e. The van der Waals surface area contributed by atoms with Crippen LogP contribution in [0.1, 0.15) is 6.92 Å². The van der Waals surface area contributed by atoms with Crippen LogP contribution >= 0.6 is 23.1 Å². The Hall–Kier alpha value is -3.31. The normalized spacial score (nSPS) is 10.3. The van der Waals surface area contributed by atoms with Crippen molar-refractivity contribution in [3.05, 3.63) is 48.5 Å². The molecule has 0 aliphatic rings. The second kappa shape index (κ2) is 11.2. The smallest absolute Gasteiger partial charge is 0.325 e. The van der Waals surface area contributed by atoms with Gasteiger partial charge in [-0.2, -0.15) is 0 Å². The third-order valence-electron chi connectivity index (χ3n) is 3.75. The number of methoxy groups -OCH3 is 1. The van der Waals surface area contributed by atoms with E-state index in [1.165, 1.54) is 23.1 Å². The van der Waals surface area contributed by atoms with Crippen molar-refractivity contribution in [3.8, 4) is 11.5 Å². The first-order chi connectivity index (χ1) is 15.1. The topological polar surface area (TPSA) is 114 Å². The molecule has 1 aromatic heterocycles. The standard InChI is InChI=1S/C20H21N5O4S2/c1-3-29-16-10-6-13(7-11-16)21-17(26)12-30-20-25-24-19(31-20)23-18(27)22-14-4-8-15(28-2)9-5-14/h4-11H,3,12H2,1-2H3,(H,21,26)(H2,22,23,24,27). The highest BCUT2D eigenvalue weighted by Crippen LogP contribution is 2.26. The summed E-state index contributed by atoms with van der Waals surface area (Å²) in [6, 6.07) is 13.7. The van der Waals surface area contributed by atoms with E-state index in [4.69, 9.17) is 9.47 Å². The fourth-order valence-corrected chi connectivity index (χ4v) is 3.92. The third kappa shape index (κ3) is 7.15. The molecule has 1 heterocycles. The summed E-state index contributed by atoms with van der Waals surface area (Å²) >= 11 is 2.42. The zero-order valence-corrected chi connectivity index (χ0v) is 18.5. The molecule has 0 saturated heterocycles. The maximum absolute atomic E-state index is 12.1. The highest BCUT2D eigenvalue weighted by molar-refractivity contribution is 8.01. The van der Waals surface area contributed by atoms with Gasteiger partial charge in [0, 0.05) is 11.4 Å². The van der Waals surface area contributed by atoms with Gasteiger partial charge in [0.1, 0.15) is 11.5 Å². The number of amides is 3. The molecule has 11 heteroatoms. The number of benzene rings is 2. The van der Waals surface area contributed by atoms with Crippen LogP contribution in [0, 0.1) is 0 Å². The second-order valence-corrected chi connectivity index (χ2v) is 8.17. The Labute approximate surface area is 187 Å². The van der Waals surface area contributed by atoms with Crippen LogP contribution in [0.4, 0.5) is 21.3 Å². The van der Waals surface area contributed by atoms with Crippen molar-refractivity contribution in [2.24, 2.45) is 0 Å². The predicted molar refractivity (Wildman–Crippen MR) is 123 cm³/mol. The summed E-state index contributed by atoms with van der Waals surface area (Å²) < 4.78 is 11.0. The molecule has 0 fully saturated rings. The molecule has 0 aliphatic heterocycles. The summed E-state index contributed by atoms with van der Waals surface area (Å²) in [6.07, 6.45) is 0. The molecule has 0 unspecified atom stereocenters. The SMILES string of the molecule is CCOc1ccc(NC(=O)CSc2nnc(NC(=O)Nc3ccc(OC)cc3)s2)cc1. The summed E-state index contributed by atoms with van der Waals surface area (Å²) in [5.41, 5.74) is 1.30. The second-order valence-electron chi connectivity index (χ2n) is 5.97. The van der Waals surface area contributed by atoms with E-state index in [2.05, 4.69) is 26.1 Å². The van der Waals surface area contributed by atoms with Gasteiger partial charge < -0.3 is 20.1 Å². The number of rotatable bonds is 9. The van der Waals surface area contributed by atoms with Crippen LogP contribution in [0.2, 0.25) is 0 Å². The molecular weight excluding hydrogens is 438 g/mol. The molecule has 0 saturated carbocycles. The van der Waals surface area contributed by atoms with Crippen LogP contribution in [0.15, 0.2) is 52.9 Å². The van der Waals surface area contributed by atoms with Crippen LogP contribution in [-0.2, 0) is 4.79 Å². The van der Waals surface area contributed by atoms with E-state index in [1.54, 1.807) is 55.6 Å². The van der Waals surface area contributed by atoms with Crippen LogP contribution < -0.4 is 25.4 Å². The lowest BCUT2D eigenvalue weighted by molar-refractivity contribution is -0.113. The maximum atomic E-state index is 12.1. The predicted octanol–water partition coefficient (Wildman–Crippen LogP) is 4.32. The minimum absolute atomic E-state index is 0.167. The van der Waals surface area contributed by atoms with E-state index in [0.29, 0.717) is 33.2 Å². The van der Waals surface area contributed by atoms with Crippen molar-refractivity contribution in [1.29, 1.82) is 0 Å². The number of nitrogens with zero attached hydrogens (tertiary/aromatic N) is 2. The fourth-order valence-electron chi connectivity index (χ4n) is 2.38. The quantitative estimate of drug-likeness (QED) is 0.322. The molecule has 162 valence electrons. The minimum atomic E-state index is -0.439. The van der Waals surface area contributed by atoms with Gasteiger partial charge in [0.2, 0.25) is 11.0 Å². The molecule has 3 amide bonds. The van der Waals surface area contributed by atoms with Crippen LogP contribution in [0.5, 0.6) is 11.5 Å². The summed E-state index contributed by atoms with van der Waals surface area (Å²) in [7, 11) is 1.57. The molecule has 3 N–H and O–H groups in total. The van der Waals surface area contributed by atoms with Crippen LogP contribution in [-0.4, -0.2) is 41.6 Å². The van der Waals surface area contributed by atoms with Crippen LogP contribution in [0.25, 0.3) is 0 Å². The molecule has 0 radical (unpaired) electrons. The van der Waals surface area contributed by atoms with Gasteiger partial charge in [0.05, 0.1) is 19.5 Å². The van der Waals surface area contributed by atoms with Gasteiger partial charge in [-0.05, 0) is 55.5 Å². The summed E-state index contributed by atoms with van der Waals surface area (Å²) in [5.74, 6) is 1.44. The summed E-state index contributed by atoms with van der Waals surface area (Å²) in [5, 5.41) is 16.4. The van der Waals surface area contributed by atoms with Crippen molar-refractivity contribution in [3.63, 3.8) is 0 Å². The zero-order chi connectivity index (χ0) is 22.1. The summed E-state index contributed by atoms with van der Waals surface area (Å²) in [4.78, 5) is 24.2. The molecule has 0 aliphatic carbocycles. The Morgan fingerprint density at radius 3 is 2.23 bits per heavy atom. The molecule has 9 nitrogen and oxygen atoms in total. The monoisotopic (exact) mass is 459 g/mol. The number of hydrogen-bond donors (Lipinski definition) is 3. The first kappa shape index (κ1) is 22.4. The number of carbonyl (C=O) groups is 2. The van der Waals surface area contributed by atoms with Gasteiger partial charge >= 0.3 is 6.03 Å². The minimum Gasteiger partial charge on any atom is -0.497 e. The van der Waals surface area contributed by atoms with Gasteiger partial charge in [-0.3, -0.25) is 10.1 Å². The average molecular weight is 460 g/mol. The number of anilines is 3. The molecule has 0 bridgehead atoms. The first-order valence-electron chi connectivity index (χ1n) is 9.27. The zero-order valence-electron chi connectivity index (χ0n) is 16.9. The number of thioether (sulfide) groups is 1. The molecule has 2 aromatic carbocycles. The molecule has 3 aromatic rings. The highest BCUT2D eigenvalue weighted by atomic mass is 32.2. The number of hydrogen-bond acceptors (Lipinski definition) is 8. The number of aromatic nitrogens is 2. The van der Waals surface area contributed by atoms with Gasteiger partial charge in [-0.1, -0.05) is 23.1 Å². The van der Waals surface area contributed by atoms with E-state index in [9.17, 15) is 9.59 Å². The Bertz CT molecular complexity index is 1010. The van der Waals surface area contributed by atoms with Gasteiger partial charge in [0.15, 0.2) is 4.34 Å². The van der Waals surface area contributed by atoms with Crippen molar-refractivity contribution in [2.75, 3.05) is 35.4 Å². The van der Waals surface area contributed by atoms with E-state index < -0.39 is 6.03 Å². The lowest BCUT2D eigenvalue weighted by Crippen LogP contribution is -2.19. The third-order valence-corrected chi connectivity index (χ3v) is 5.72. The number of carbonyl (C=O) groups excluding carboxylic acids is 2. The fraction of sp³-hybridized carbons (Fsp3) is 0.200. The Balaban J connectivity index is 1.43. The number of ether oxygens (including phenoxy) is 2. The average Bonchev–Trinajstić information content (AvgIpc) is 3.21. The van der Waals surface area contributed by atoms with E-state index in [0.717, 1.165) is 5.75 Å². The number of urea groups is 1. The Kier molecular flexibility index (Phi) is 8.07. The largest absolute Gasteiger partial charge is 0.497 e. The van der Waals surface area contributed by atoms with E-state index >= 15 is 0 Å². The van der Waals surface area contributed by atoms with Crippen molar-refractivity contribution in [2.45, 2.75) is 11.3 Å².